The van der Waals surface area contributed by atoms with Crippen molar-refractivity contribution in [3.05, 3.63) is 53.6 Å². The number of rotatable bonds is 8. The molecule has 1 aliphatic rings. The number of nitrogens with zero attached hydrogens (tertiary/aromatic N) is 5. The van der Waals surface area contributed by atoms with Crippen LogP contribution in [-0.2, 0) is 11.4 Å². The Hall–Kier alpha value is -3.75. The first-order valence-electron chi connectivity index (χ1n) is 11.3. The predicted octanol–water partition coefficient (Wildman–Crippen LogP) is 4.49. The lowest BCUT2D eigenvalue weighted by molar-refractivity contribution is -0.137. The first kappa shape index (κ1) is 21.1. The summed E-state index contributed by atoms with van der Waals surface area (Å²) in [6, 6.07) is 14.3. The number of benzene rings is 2. The van der Waals surface area contributed by atoms with Gasteiger partial charge in [-0.25, -0.2) is 5.10 Å². The molecule has 1 aliphatic carbocycles. The number of hydrogen-bond acceptors (Lipinski definition) is 6. The minimum atomic E-state index is -0.794. The molecule has 2 aromatic heterocycles. The third-order valence-electron chi connectivity index (χ3n) is 6.35. The highest BCUT2D eigenvalue weighted by Gasteiger charge is 2.23. The van der Waals surface area contributed by atoms with Crippen molar-refractivity contribution in [2.45, 2.75) is 57.6 Å². The van der Waals surface area contributed by atoms with Gasteiger partial charge >= 0.3 is 5.97 Å². The Balaban J connectivity index is 1.37. The zero-order chi connectivity index (χ0) is 22.8. The molecular weight excluding hydrogens is 420 g/mol. The minimum Gasteiger partial charge on any atom is -0.489 e. The Labute approximate surface area is 190 Å². The average Bonchev–Trinajstić information content (AvgIpc) is 3.58. The molecule has 0 bridgehead atoms. The van der Waals surface area contributed by atoms with Gasteiger partial charge in [-0.1, -0.05) is 44.0 Å². The van der Waals surface area contributed by atoms with Crippen molar-refractivity contribution in [1.29, 1.82) is 0 Å². The van der Waals surface area contributed by atoms with E-state index in [1.165, 1.54) is 12.8 Å². The molecule has 0 radical (unpaired) electrons. The Morgan fingerprint density at radius 2 is 2.00 bits per heavy atom. The zero-order valence-corrected chi connectivity index (χ0v) is 18.4. The van der Waals surface area contributed by atoms with Crippen LogP contribution in [0, 0.1) is 0 Å². The summed E-state index contributed by atoms with van der Waals surface area (Å²) >= 11 is 0. The van der Waals surface area contributed by atoms with Crippen LogP contribution in [0.1, 0.15) is 62.1 Å². The second-order valence-electron chi connectivity index (χ2n) is 8.69. The number of aromatic nitrogens is 6. The summed E-state index contributed by atoms with van der Waals surface area (Å²) in [4.78, 5) is 10.9. The number of aromatic amines is 1. The number of tetrazole rings is 1. The molecular formula is C24H26N6O3. The lowest BCUT2D eigenvalue weighted by atomic mass is 9.98. The van der Waals surface area contributed by atoms with E-state index in [0.29, 0.717) is 18.5 Å². The summed E-state index contributed by atoms with van der Waals surface area (Å²) < 4.78 is 8.14. The Kier molecular flexibility index (Phi) is 5.77. The first-order valence-corrected chi connectivity index (χ1v) is 11.3. The molecule has 2 N–H and O–H groups in total. The van der Waals surface area contributed by atoms with Crippen LogP contribution in [0.4, 0.5) is 0 Å². The molecule has 0 amide bonds. The highest BCUT2D eigenvalue weighted by molar-refractivity contribution is 5.92. The van der Waals surface area contributed by atoms with E-state index in [0.717, 1.165) is 46.3 Å². The highest BCUT2D eigenvalue weighted by Crippen LogP contribution is 2.35. The molecule has 0 spiro atoms. The van der Waals surface area contributed by atoms with Gasteiger partial charge in [0, 0.05) is 5.39 Å². The smallest absolute Gasteiger partial charge is 0.303 e. The van der Waals surface area contributed by atoms with Crippen molar-refractivity contribution in [2.75, 3.05) is 0 Å². The van der Waals surface area contributed by atoms with Crippen LogP contribution in [0.15, 0.2) is 42.5 Å². The van der Waals surface area contributed by atoms with Crippen molar-refractivity contribution in [3.63, 3.8) is 0 Å². The summed E-state index contributed by atoms with van der Waals surface area (Å²) in [5, 5.41) is 29.2. The number of carboxylic acids is 1. The standard InChI is InChI=1S/C24H26N6O3/c1-15(12-22(31)32)17-7-9-19(10-8-17)33-14-16-6-11-20-21(13-16)30(18-4-2-3-5-18)27-23(20)24-25-28-29-26-24/h6-11,13,15,18H,2-5,12,14H2,1H3,(H,31,32)(H,25,26,28,29). The maximum Gasteiger partial charge on any atom is 0.303 e. The summed E-state index contributed by atoms with van der Waals surface area (Å²) in [7, 11) is 0. The summed E-state index contributed by atoms with van der Waals surface area (Å²) in [5.41, 5.74) is 3.86. The fourth-order valence-corrected chi connectivity index (χ4v) is 4.57. The average molecular weight is 447 g/mol. The van der Waals surface area contributed by atoms with Crippen LogP contribution in [0.25, 0.3) is 22.4 Å². The van der Waals surface area contributed by atoms with E-state index in [-0.39, 0.29) is 12.3 Å². The Morgan fingerprint density at radius 3 is 2.70 bits per heavy atom. The van der Waals surface area contributed by atoms with Gasteiger partial charge in [0.1, 0.15) is 18.1 Å². The molecule has 1 fully saturated rings. The van der Waals surface area contributed by atoms with E-state index in [4.69, 9.17) is 14.9 Å². The van der Waals surface area contributed by atoms with E-state index in [1.54, 1.807) is 0 Å². The van der Waals surface area contributed by atoms with Crippen LogP contribution in [0.2, 0.25) is 0 Å². The molecule has 2 heterocycles. The zero-order valence-electron chi connectivity index (χ0n) is 18.4. The maximum absolute atomic E-state index is 10.9. The molecule has 0 aliphatic heterocycles. The Bertz CT molecular complexity index is 1240. The van der Waals surface area contributed by atoms with Crippen LogP contribution in [0.3, 0.4) is 0 Å². The van der Waals surface area contributed by atoms with Crippen LogP contribution < -0.4 is 4.74 Å². The third kappa shape index (κ3) is 4.44. The largest absolute Gasteiger partial charge is 0.489 e. The molecule has 9 heteroatoms. The predicted molar refractivity (Wildman–Crippen MR) is 122 cm³/mol. The molecule has 33 heavy (non-hydrogen) atoms. The first-order chi connectivity index (χ1) is 16.1. The molecule has 2 aromatic carbocycles. The van der Waals surface area contributed by atoms with E-state index in [2.05, 4.69) is 37.4 Å². The SMILES string of the molecule is CC(CC(=O)O)c1ccc(OCc2ccc3c(-c4nnn[nH]4)nn(C4CCCC4)c3c2)cc1. The van der Waals surface area contributed by atoms with Gasteiger partial charge in [-0.2, -0.15) is 5.10 Å². The number of aliphatic carboxylic acids is 1. The van der Waals surface area contributed by atoms with E-state index in [9.17, 15) is 4.79 Å². The monoisotopic (exact) mass is 446 g/mol. The highest BCUT2D eigenvalue weighted by atomic mass is 16.5. The fourth-order valence-electron chi connectivity index (χ4n) is 4.57. The number of H-pyrrole nitrogens is 1. The summed E-state index contributed by atoms with van der Waals surface area (Å²) in [6.07, 6.45) is 4.79. The van der Waals surface area contributed by atoms with Crippen molar-refractivity contribution in [2.24, 2.45) is 0 Å². The van der Waals surface area contributed by atoms with Crippen molar-refractivity contribution < 1.29 is 14.6 Å². The second kappa shape index (κ2) is 9.01. The van der Waals surface area contributed by atoms with Crippen LogP contribution in [-0.4, -0.2) is 41.5 Å². The van der Waals surface area contributed by atoms with Crippen LogP contribution >= 0.6 is 0 Å². The van der Waals surface area contributed by atoms with Crippen molar-refractivity contribution in [3.8, 4) is 17.3 Å². The van der Waals surface area contributed by atoms with Gasteiger partial charge in [0.05, 0.1) is 18.0 Å². The lowest BCUT2D eigenvalue weighted by Crippen LogP contribution is -2.07. The van der Waals surface area contributed by atoms with Gasteiger partial charge < -0.3 is 9.84 Å². The maximum atomic E-state index is 10.9. The molecule has 1 unspecified atom stereocenters. The molecule has 5 rings (SSSR count). The second-order valence-corrected chi connectivity index (χ2v) is 8.69. The molecule has 9 nitrogen and oxygen atoms in total. The molecule has 0 saturated heterocycles. The molecule has 1 atom stereocenters. The van der Waals surface area contributed by atoms with E-state index in [1.807, 2.05) is 37.3 Å². The van der Waals surface area contributed by atoms with E-state index < -0.39 is 5.97 Å². The number of nitrogens with one attached hydrogen (secondary N) is 1. The number of hydrogen-bond donors (Lipinski definition) is 2. The van der Waals surface area contributed by atoms with Gasteiger partial charge in [-0.05, 0) is 58.5 Å². The number of carboxylic acid groups (broad SMARTS) is 1. The lowest BCUT2D eigenvalue weighted by Gasteiger charge is -2.13. The number of fused-ring (bicyclic) bond motifs is 1. The molecule has 4 aromatic rings. The van der Waals surface area contributed by atoms with Gasteiger partial charge in [-0.3, -0.25) is 9.48 Å². The quantitative estimate of drug-likeness (QED) is 0.409. The minimum absolute atomic E-state index is 0.0383. The summed E-state index contributed by atoms with van der Waals surface area (Å²) in [6.45, 7) is 2.34. The van der Waals surface area contributed by atoms with Gasteiger partial charge in [0.25, 0.3) is 0 Å². The van der Waals surface area contributed by atoms with Gasteiger partial charge in [-0.15, -0.1) is 5.10 Å². The fraction of sp³-hybridized carbons (Fsp3) is 0.375. The Morgan fingerprint density at radius 1 is 1.21 bits per heavy atom. The van der Waals surface area contributed by atoms with Crippen molar-refractivity contribution >= 4 is 16.9 Å². The number of ether oxygens (including phenoxy) is 1. The van der Waals surface area contributed by atoms with Crippen molar-refractivity contribution in [1.82, 2.24) is 30.4 Å². The van der Waals surface area contributed by atoms with Gasteiger partial charge in [0.15, 0.2) is 0 Å². The normalized spacial score (nSPS) is 15.2. The third-order valence-corrected chi connectivity index (χ3v) is 6.35. The summed E-state index contributed by atoms with van der Waals surface area (Å²) in [5.74, 6) is 0.485. The molecule has 170 valence electrons. The van der Waals surface area contributed by atoms with E-state index >= 15 is 0 Å². The van der Waals surface area contributed by atoms with Gasteiger partial charge in [0.2, 0.25) is 5.82 Å². The topological polar surface area (TPSA) is 119 Å². The molecule has 1 saturated carbocycles. The van der Waals surface area contributed by atoms with Crippen LogP contribution in [0.5, 0.6) is 5.75 Å². The number of carbonyl (C=O) groups is 1.